The van der Waals surface area contributed by atoms with Crippen LogP contribution in [-0.2, 0) is 23.7 Å². The van der Waals surface area contributed by atoms with Gasteiger partial charge in [-0.1, -0.05) is 138 Å². The molecule has 0 aromatic rings. The highest BCUT2D eigenvalue weighted by molar-refractivity contribution is 5.10. The van der Waals surface area contributed by atoms with E-state index >= 15 is 0 Å². The molecule has 0 aromatic carbocycles. The van der Waals surface area contributed by atoms with Crippen molar-refractivity contribution in [2.45, 2.75) is 289 Å². The molecular formula is C50H104O5. The van der Waals surface area contributed by atoms with Gasteiger partial charge in [-0.05, 0) is 125 Å². The van der Waals surface area contributed by atoms with Crippen molar-refractivity contribution in [2.24, 2.45) is 35.5 Å². The summed E-state index contributed by atoms with van der Waals surface area (Å²) in [5.74, 6) is 6.42. The Morgan fingerprint density at radius 3 is 0.927 bits per heavy atom. The fourth-order valence-corrected chi connectivity index (χ4v) is 10.5. The maximum atomic E-state index is 5.62. The zero-order valence-electron chi connectivity index (χ0n) is 34.7. The molecule has 5 nitrogen and oxygen atoms in total. The quantitative estimate of drug-likeness (QED) is 0.229. The molecule has 0 radical (unpaired) electrons. The van der Waals surface area contributed by atoms with E-state index in [4.69, 9.17) is 23.7 Å². The highest BCUT2D eigenvalue weighted by Gasteiger charge is 2.62. The fraction of sp³-hybridized carbons (Fsp3) is 1.00. The number of rotatable bonds is 0. The number of hydrogen-bond donors (Lipinski definition) is 0. The second-order valence-electron chi connectivity index (χ2n) is 16.0. The van der Waals surface area contributed by atoms with Gasteiger partial charge < -0.3 is 23.7 Å². The van der Waals surface area contributed by atoms with E-state index in [1.807, 2.05) is 69.2 Å². The van der Waals surface area contributed by atoms with Crippen molar-refractivity contribution in [1.82, 2.24) is 0 Å². The van der Waals surface area contributed by atoms with Crippen LogP contribution in [0.3, 0.4) is 0 Å². The second kappa shape index (κ2) is 29.1. The molecule has 5 saturated heterocycles. The molecule has 0 spiro atoms. The Labute approximate surface area is 347 Å². The summed E-state index contributed by atoms with van der Waals surface area (Å²) in [6.07, 6.45) is 34.1. The number of fused-ring (bicyclic) bond motifs is 4. The normalized spacial score (nSPS) is 42.4. The Bertz CT molecular complexity index is 873. The molecule has 10 saturated carbocycles. The summed E-state index contributed by atoms with van der Waals surface area (Å²) in [4.78, 5) is 0. The Morgan fingerprint density at radius 2 is 0.582 bits per heavy atom. The summed E-state index contributed by atoms with van der Waals surface area (Å²) < 4.78 is 26.8. The topological polar surface area (TPSA) is 62.6 Å². The average molecular weight is 785 g/mol. The molecule has 12 unspecified atom stereocenters. The molecule has 55 heavy (non-hydrogen) atoms. The lowest BCUT2D eigenvalue weighted by molar-refractivity contribution is -0.0181. The molecule has 5 heterocycles. The predicted octanol–water partition coefficient (Wildman–Crippen LogP) is 15.3. The molecule has 15 rings (SSSR count). The molecule has 12 atom stereocenters. The van der Waals surface area contributed by atoms with Crippen LogP contribution in [0.5, 0.6) is 0 Å². The SMILES string of the molecule is C.C.C.C.C.C1C2CC1C1C(C2)CC2OC21.C1C2CC1C1OC1C2.C1CC2OC2C1.C1CCC2OC2C1.C1CCC2OC2CC1.CC.CC.CC.CC.CC. The van der Waals surface area contributed by atoms with Crippen LogP contribution in [-0.4, -0.2) is 61.0 Å². The first-order valence-corrected chi connectivity index (χ1v) is 23.0. The lowest BCUT2D eigenvalue weighted by Gasteiger charge is -2.49. The monoisotopic (exact) mass is 785 g/mol. The van der Waals surface area contributed by atoms with E-state index in [0.717, 1.165) is 59.9 Å². The van der Waals surface area contributed by atoms with Crippen LogP contribution in [0.2, 0.25) is 0 Å². The van der Waals surface area contributed by atoms with E-state index in [0.29, 0.717) is 36.6 Å². The van der Waals surface area contributed by atoms with Crippen molar-refractivity contribution in [1.29, 1.82) is 0 Å². The van der Waals surface area contributed by atoms with E-state index < -0.39 is 0 Å². The highest BCUT2D eigenvalue weighted by Crippen LogP contribution is 2.62. The van der Waals surface area contributed by atoms with Crippen LogP contribution in [0.15, 0.2) is 0 Å². The maximum absolute atomic E-state index is 5.62. The summed E-state index contributed by atoms with van der Waals surface area (Å²) in [7, 11) is 0. The number of ether oxygens (including phenoxy) is 5. The minimum absolute atomic E-state index is 0. The third kappa shape index (κ3) is 16.1. The largest absolute Gasteiger partial charge is 0.370 e. The first-order valence-electron chi connectivity index (χ1n) is 23.0. The van der Waals surface area contributed by atoms with Crippen molar-refractivity contribution in [3.8, 4) is 0 Å². The Morgan fingerprint density at radius 1 is 0.273 bits per heavy atom. The molecule has 15 aliphatic rings. The summed E-state index contributed by atoms with van der Waals surface area (Å²) in [6, 6.07) is 0. The average Bonchev–Trinajstić information content (AvgIpc) is 3.95. The summed E-state index contributed by atoms with van der Waals surface area (Å²) >= 11 is 0. The lowest BCUT2D eigenvalue weighted by Crippen LogP contribution is -2.42. The molecule has 5 aliphatic heterocycles. The van der Waals surface area contributed by atoms with Gasteiger partial charge in [0.1, 0.15) is 0 Å². The first-order chi connectivity index (χ1) is 24.7. The van der Waals surface area contributed by atoms with Crippen LogP contribution in [0, 0.1) is 35.5 Å². The first kappa shape index (κ1) is 56.9. The van der Waals surface area contributed by atoms with Gasteiger partial charge in [-0.3, -0.25) is 0 Å². The van der Waals surface area contributed by atoms with Crippen molar-refractivity contribution in [2.75, 3.05) is 0 Å². The molecule has 0 N–H and O–H groups in total. The van der Waals surface area contributed by atoms with E-state index in [1.165, 1.54) is 103 Å². The summed E-state index contributed by atoms with van der Waals surface area (Å²) in [5.41, 5.74) is 0. The second-order valence-corrected chi connectivity index (χ2v) is 16.0. The van der Waals surface area contributed by atoms with Crippen LogP contribution in [0.1, 0.15) is 228 Å². The van der Waals surface area contributed by atoms with Crippen LogP contribution in [0.4, 0.5) is 0 Å². The van der Waals surface area contributed by atoms with Gasteiger partial charge in [-0.15, -0.1) is 0 Å². The Balaban J connectivity index is 0. The number of epoxide rings is 5. The smallest absolute Gasteiger partial charge is 0.0875 e. The third-order valence-electron chi connectivity index (χ3n) is 13.2. The van der Waals surface area contributed by atoms with Gasteiger partial charge in [0.05, 0.1) is 61.0 Å². The molecule has 4 bridgehead atoms. The van der Waals surface area contributed by atoms with Gasteiger partial charge in [0.25, 0.3) is 0 Å². The number of hydrogen-bond acceptors (Lipinski definition) is 5. The third-order valence-corrected chi connectivity index (χ3v) is 13.2. The minimum Gasteiger partial charge on any atom is -0.370 e. The summed E-state index contributed by atoms with van der Waals surface area (Å²) in [6.45, 7) is 20.0. The maximum Gasteiger partial charge on any atom is 0.0875 e. The molecule has 334 valence electrons. The molecule has 0 aromatic heterocycles. The van der Waals surface area contributed by atoms with E-state index in [1.54, 1.807) is 19.3 Å². The van der Waals surface area contributed by atoms with Crippen molar-refractivity contribution < 1.29 is 23.7 Å². The Hall–Kier alpha value is -0.200. The molecule has 10 aliphatic carbocycles. The van der Waals surface area contributed by atoms with E-state index in [2.05, 4.69) is 0 Å². The van der Waals surface area contributed by atoms with Crippen LogP contribution < -0.4 is 0 Å². The standard InChI is InChI=1S/C10H14O.C7H10O.C7H12O.C6H10O.C5H8O.5C2H6.5CH4/c1-5-2-6(1)9-7(3-5)4-8-10(9)11-8;1-4-2-5(1)7-6(3-4)8-7;1-2-4-6-7(8-6)5-3-1;1-2-4-6-5(3-1)7-6;1-2-4-5(3-1)6-4;5*1-2;;;;;/h5-10H,1-4H2;4-7H,1-3H2;6-7H,1-5H2;5-6H,1-4H2;4-5H,1-3H2;5*1-2H3;5*1H4. The van der Waals surface area contributed by atoms with Crippen LogP contribution >= 0.6 is 0 Å². The van der Waals surface area contributed by atoms with E-state index in [9.17, 15) is 0 Å². The van der Waals surface area contributed by atoms with Gasteiger partial charge >= 0.3 is 0 Å². The zero-order chi connectivity index (χ0) is 36.2. The fourth-order valence-electron chi connectivity index (χ4n) is 10.5. The molecule has 5 heteroatoms. The van der Waals surface area contributed by atoms with Crippen molar-refractivity contribution in [3.63, 3.8) is 0 Å². The predicted molar refractivity (Wildman–Crippen MR) is 242 cm³/mol. The van der Waals surface area contributed by atoms with Crippen LogP contribution in [0.25, 0.3) is 0 Å². The minimum atomic E-state index is 0. The lowest BCUT2D eigenvalue weighted by atomic mass is 9.56. The van der Waals surface area contributed by atoms with Crippen molar-refractivity contribution in [3.05, 3.63) is 0 Å². The zero-order valence-corrected chi connectivity index (χ0v) is 34.7. The summed E-state index contributed by atoms with van der Waals surface area (Å²) in [5, 5.41) is 0. The van der Waals surface area contributed by atoms with Gasteiger partial charge in [-0.2, -0.15) is 0 Å². The Kier molecular flexibility index (Phi) is 30.1. The van der Waals surface area contributed by atoms with Gasteiger partial charge in [0, 0.05) is 0 Å². The van der Waals surface area contributed by atoms with Crippen molar-refractivity contribution >= 4 is 0 Å². The molecular weight excluding hydrogens is 681 g/mol. The van der Waals surface area contributed by atoms with Gasteiger partial charge in [0.15, 0.2) is 0 Å². The highest BCUT2D eigenvalue weighted by atomic mass is 16.6. The molecule has 15 fully saturated rings. The molecule has 0 amide bonds. The van der Waals surface area contributed by atoms with Gasteiger partial charge in [0.2, 0.25) is 0 Å². The van der Waals surface area contributed by atoms with Gasteiger partial charge in [-0.25, -0.2) is 0 Å². The van der Waals surface area contributed by atoms with E-state index in [-0.39, 0.29) is 37.1 Å².